The Morgan fingerprint density at radius 1 is 0.786 bits per heavy atom. The van der Waals surface area contributed by atoms with Crippen LogP contribution in [0.4, 0.5) is 0 Å². The molecule has 0 saturated carbocycles. The number of benzene rings is 2. The molecule has 69 valence electrons. The molecular weight excluding hydrogens is 398 g/mol. The van der Waals surface area contributed by atoms with Crippen LogP contribution < -0.4 is 0 Å². The van der Waals surface area contributed by atoms with Crippen molar-refractivity contribution in [1.82, 2.24) is 0 Å². The fourth-order valence-corrected chi connectivity index (χ4v) is 1.92. The Kier molecular flexibility index (Phi) is 3.43. The van der Waals surface area contributed by atoms with Crippen LogP contribution in [0, 0.1) is 13.2 Å². The van der Waals surface area contributed by atoms with Crippen LogP contribution in [0.3, 0.4) is 0 Å². The number of halogens is 2. The predicted molar refractivity (Wildman–Crippen MR) is 76.1 cm³/mol. The molecule has 2 rings (SSSR count). The topological polar surface area (TPSA) is 0 Å². The molecule has 0 atom stereocenters. The smallest absolute Gasteiger partial charge is 0.0209 e. The van der Waals surface area contributed by atoms with Crippen LogP contribution in [0.25, 0.3) is 11.1 Å². The quantitative estimate of drug-likeness (QED) is 0.619. The first kappa shape index (κ1) is 10.4. The van der Waals surface area contributed by atoms with E-state index in [1.54, 1.807) is 0 Å². The van der Waals surface area contributed by atoms with Crippen molar-refractivity contribution in [3.8, 4) is 11.1 Å². The first-order valence-electron chi connectivity index (χ1n) is 4.19. The van der Waals surface area contributed by atoms with Gasteiger partial charge in [-0.15, -0.1) is 0 Å². The van der Waals surface area contributed by atoms with E-state index in [2.05, 4.69) is 87.6 Å². The van der Waals surface area contributed by atoms with Crippen molar-refractivity contribution < 1.29 is 0 Å². The van der Waals surface area contributed by atoms with E-state index in [0.717, 1.165) is 3.57 Å². The molecular formula is C12H7I2. The molecule has 0 nitrogen and oxygen atoms in total. The van der Waals surface area contributed by atoms with Crippen LogP contribution in [0.15, 0.2) is 42.5 Å². The molecule has 0 aliphatic heterocycles. The zero-order valence-corrected chi connectivity index (χ0v) is 11.6. The molecule has 14 heavy (non-hydrogen) atoms. The predicted octanol–water partition coefficient (Wildman–Crippen LogP) is 4.36. The van der Waals surface area contributed by atoms with Gasteiger partial charge >= 0.3 is 0 Å². The van der Waals surface area contributed by atoms with Gasteiger partial charge in [0.25, 0.3) is 0 Å². The fraction of sp³-hybridized carbons (Fsp3) is 0. The average Bonchev–Trinajstić information content (AvgIpc) is 2.21. The maximum atomic E-state index is 3.20. The van der Waals surface area contributed by atoms with Crippen molar-refractivity contribution >= 4 is 45.2 Å². The molecule has 0 bridgehead atoms. The van der Waals surface area contributed by atoms with Crippen molar-refractivity contribution in [2.24, 2.45) is 0 Å². The maximum absolute atomic E-state index is 3.20. The van der Waals surface area contributed by atoms with Gasteiger partial charge in [-0.1, -0.05) is 18.2 Å². The fourth-order valence-electron chi connectivity index (χ4n) is 1.23. The van der Waals surface area contributed by atoms with Gasteiger partial charge in [0.1, 0.15) is 0 Å². The summed E-state index contributed by atoms with van der Waals surface area (Å²) in [4.78, 5) is 0. The Morgan fingerprint density at radius 3 is 2.00 bits per heavy atom. The van der Waals surface area contributed by atoms with E-state index in [1.807, 2.05) is 6.07 Å². The molecule has 0 amide bonds. The Morgan fingerprint density at radius 2 is 1.43 bits per heavy atom. The minimum absolute atomic E-state index is 1.15. The summed E-state index contributed by atoms with van der Waals surface area (Å²) in [6, 6.07) is 17.9. The monoisotopic (exact) mass is 405 g/mol. The molecule has 0 spiro atoms. The largest absolute Gasteiger partial charge is 0.0533 e. The Balaban J connectivity index is 2.40. The van der Waals surface area contributed by atoms with Crippen molar-refractivity contribution in [2.45, 2.75) is 0 Å². The summed E-state index contributed by atoms with van der Waals surface area (Å²) in [6.07, 6.45) is 0. The standard InChI is InChI=1S/C12H7I2/c13-11-5-1-9(2-6-11)10-3-7-12(14)8-4-10/h1-7H. The molecule has 2 aromatic carbocycles. The average molecular weight is 405 g/mol. The summed E-state index contributed by atoms with van der Waals surface area (Å²) in [5, 5.41) is 0. The third kappa shape index (κ3) is 2.48. The summed E-state index contributed by atoms with van der Waals surface area (Å²) in [7, 11) is 0. The van der Waals surface area contributed by atoms with Crippen LogP contribution in [0.5, 0.6) is 0 Å². The third-order valence-corrected chi connectivity index (χ3v) is 3.34. The second-order valence-electron chi connectivity index (χ2n) is 2.93. The lowest BCUT2D eigenvalue weighted by Gasteiger charge is -2.01. The summed E-state index contributed by atoms with van der Waals surface area (Å²) in [6.45, 7) is 0. The number of rotatable bonds is 1. The lowest BCUT2D eigenvalue weighted by molar-refractivity contribution is 1.57. The van der Waals surface area contributed by atoms with Crippen LogP contribution in [0.1, 0.15) is 0 Å². The normalized spacial score (nSPS) is 10.1. The highest BCUT2D eigenvalue weighted by Gasteiger charge is 1.96. The molecule has 0 N–H and O–H groups in total. The van der Waals surface area contributed by atoms with Gasteiger partial charge in [0.15, 0.2) is 0 Å². The van der Waals surface area contributed by atoms with Gasteiger partial charge in [0.05, 0.1) is 0 Å². The molecule has 0 aromatic heterocycles. The van der Waals surface area contributed by atoms with E-state index in [9.17, 15) is 0 Å². The van der Waals surface area contributed by atoms with E-state index >= 15 is 0 Å². The van der Waals surface area contributed by atoms with E-state index in [0.29, 0.717) is 0 Å². The highest BCUT2D eigenvalue weighted by molar-refractivity contribution is 14.1. The Bertz CT molecular complexity index is 372. The molecule has 0 saturated heterocycles. The van der Waals surface area contributed by atoms with Gasteiger partial charge in [-0.2, -0.15) is 0 Å². The maximum Gasteiger partial charge on any atom is 0.0209 e. The van der Waals surface area contributed by atoms with E-state index < -0.39 is 0 Å². The summed E-state index contributed by atoms with van der Waals surface area (Å²) in [5.41, 5.74) is 2.47. The Labute approximate surface area is 111 Å². The van der Waals surface area contributed by atoms with Crippen molar-refractivity contribution in [1.29, 1.82) is 0 Å². The molecule has 0 aliphatic carbocycles. The van der Waals surface area contributed by atoms with Gasteiger partial charge in [-0.3, -0.25) is 0 Å². The summed E-state index contributed by atoms with van der Waals surface area (Å²) in [5.74, 6) is 0. The lowest BCUT2D eigenvalue weighted by Crippen LogP contribution is -1.78. The second-order valence-corrected chi connectivity index (χ2v) is 5.34. The molecule has 0 fully saturated rings. The number of hydrogen-bond acceptors (Lipinski definition) is 0. The first-order chi connectivity index (χ1) is 6.75. The molecule has 0 unspecified atom stereocenters. The Hall–Kier alpha value is -0.100. The highest BCUT2D eigenvalue weighted by atomic mass is 127. The first-order valence-corrected chi connectivity index (χ1v) is 6.34. The van der Waals surface area contributed by atoms with Crippen molar-refractivity contribution in [3.05, 3.63) is 55.7 Å². The van der Waals surface area contributed by atoms with E-state index in [1.165, 1.54) is 14.7 Å². The van der Waals surface area contributed by atoms with Crippen LogP contribution >= 0.6 is 45.2 Å². The van der Waals surface area contributed by atoms with Crippen LogP contribution in [-0.4, -0.2) is 0 Å². The molecule has 2 aromatic rings. The SMILES string of the molecule is Ic1[c]cc(-c2ccc(I)cc2)cc1. The third-order valence-electron chi connectivity index (χ3n) is 1.95. The molecule has 0 aliphatic rings. The zero-order chi connectivity index (χ0) is 9.97. The number of hydrogen-bond donors (Lipinski definition) is 0. The van der Waals surface area contributed by atoms with Gasteiger partial charge in [0.2, 0.25) is 0 Å². The van der Waals surface area contributed by atoms with Crippen LogP contribution in [0.2, 0.25) is 0 Å². The van der Waals surface area contributed by atoms with Gasteiger partial charge in [0, 0.05) is 7.14 Å². The van der Waals surface area contributed by atoms with Gasteiger partial charge < -0.3 is 0 Å². The van der Waals surface area contributed by atoms with E-state index in [-0.39, 0.29) is 0 Å². The van der Waals surface area contributed by atoms with Gasteiger partial charge in [-0.25, -0.2) is 0 Å². The summed E-state index contributed by atoms with van der Waals surface area (Å²) < 4.78 is 2.41. The van der Waals surface area contributed by atoms with Crippen LogP contribution in [-0.2, 0) is 0 Å². The van der Waals surface area contributed by atoms with Gasteiger partial charge in [-0.05, 0) is 86.6 Å². The summed E-state index contributed by atoms with van der Waals surface area (Å²) >= 11 is 4.58. The molecule has 2 heteroatoms. The lowest BCUT2D eigenvalue weighted by atomic mass is 10.1. The minimum atomic E-state index is 1.15. The highest BCUT2D eigenvalue weighted by Crippen LogP contribution is 2.20. The molecule has 1 radical (unpaired) electrons. The zero-order valence-electron chi connectivity index (χ0n) is 7.30. The van der Waals surface area contributed by atoms with Crippen molar-refractivity contribution in [3.63, 3.8) is 0 Å². The second kappa shape index (κ2) is 4.61. The van der Waals surface area contributed by atoms with E-state index in [4.69, 9.17) is 0 Å². The molecule has 0 heterocycles. The van der Waals surface area contributed by atoms with Crippen molar-refractivity contribution in [2.75, 3.05) is 0 Å². The minimum Gasteiger partial charge on any atom is -0.0533 e.